The maximum atomic E-state index is 10.5. The van der Waals surface area contributed by atoms with E-state index in [2.05, 4.69) is 15.9 Å². The van der Waals surface area contributed by atoms with Crippen molar-refractivity contribution in [3.8, 4) is 0 Å². The Morgan fingerprint density at radius 2 is 1.69 bits per heavy atom. The van der Waals surface area contributed by atoms with Crippen molar-refractivity contribution >= 4 is 38.0 Å². The molecule has 3 N–H and O–H groups in total. The molecule has 0 amide bonds. The van der Waals surface area contributed by atoms with Gasteiger partial charge in [0, 0.05) is 0 Å². The molecule has 9 heteroatoms. The van der Waals surface area contributed by atoms with Gasteiger partial charge in [0.1, 0.15) is 0 Å². The van der Waals surface area contributed by atoms with Crippen molar-refractivity contribution in [1.29, 1.82) is 0 Å². The number of rotatable bonds is 4. The maximum absolute atomic E-state index is 10.5. The fourth-order valence-corrected chi connectivity index (χ4v) is 1.24. The lowest BCUT2D eigenvalue weighted by atomic mass is 10.3. The smallest absolute Gasteiger partial charge is 0.339 e. The van der Waals surface area contributed by atoms with Crippen LogP contribution in [0.25, 0.3) is 0 Å². The minimum absolute atomic E-state index is 1.28. The minimum atomic E-state index is -5.02. The molecule has 76 valence electrons. The molecule has 0 saturated carbocycles. The van der Waals surface area contributed by atoms with Crippen molar-refractivity contribution < 1.29 is 32.8 Å². The number of halogens is 1. The summed E-state index contributed by atoms with van der Waals surface area (Å²) in [6.07, 6.45) is -1.28. The van der Waals surface area contributed by atoms with E-state index in [1.165, 1.54) is 0 Å². The van der Waals surface area contributed by atoms with Crippen LogP contribution in [0.3, 0.4) is 0 Å². The van der Waals surface area contributed by atoms with Gasteiger partial charge < -0.3 is 10.2 Å². The quantitative estimate of drug-likeness (QED) is 0.467. The Morgan fingerprint density at radius 3 is 1.77 bits per heavy atom. The van der Waals surface area contributed by atoms with Gasteiger partial charge in [-0.1, -0.05) is 15.9 Å². The number of alkyl halides is 1. The summed E-state index contributed by atoms with van der Waals surface area (Å²) >= 11 is 2.15. The van der Waals surface area contributed by atoms with E-state index in [9.17, 15) is 18.0 Å². The summed E-state index contributed by atoms with van der Waals surface area (Å²) in [5.41, 5.74) is 0. The number of hydrogen-bond donors (Lipinski definition) is 3. The Bertz CT molecular complexity index is 332. The Labute approximate surface area is 81.2 Å². The van der Waals surface area contributed by atoms with E-state index < -0.39 is 32.1 Å². The average molecular weight is 277 g/mol. The second-order valence-corrected chi connectivity index (χ2v) is 5.60. The molecule has 0 heterocycles. The van der Waals surface area contributed by atoms with Gasteiger partial charge >= 0.3 is 11.9 Å². The van der Waals surface area contributed by atoms with Gasteiger partial charge in [-0.05, 0) is 0 Å². The third-order valence-electron chi connectivity index (χ3n) is 1.11. The van der Waals surface area contributed by atoms with E-state index in [1.807, 2.05) is 0 Å². The zero-order valence-corrected chi connectivity index (χ0v) is 8.37. The molecule has 0 aliphatic carbocycles. The third kappa shape index (κ3) is 2.64. The van der Waals surface area contributed by atoms with Crippen molar-refractivity contribution in [3.63, 3.8) is 0 Å². The molecular weight excluding hydrogens is 272 g/mol. The third-order valence-corrected chi connectivity index (χ3v) is 4.09. The van der Waals surface area contributed by atoms with Crippen LogP contribution in [0.4, 0.5) is 0 Å². The SMILES string of the molecule is O=C(O)CC(Br)(C(=O)O)S(=O)(=O)O. The first kappa shape index (κ1) is 12.3. The van der Waals surface area contributed by atoms with E-state index in [0.29, 0.717) is 0 Å². The first-order valence-electron chi connectivity index (χ1n) is 2.72. The average Bonchev–Trinajstić information content (AvgIpc) is 1.82. The van der Waals surface area contributed by atoms with Crippen LogP contribution in [0.15, 0.2) is 0 Å². The molecule has 0 aliphatic heterocycles. The van der Waals surface area contributed by atoms with E-state index >= 15 is 0 Å². The standard InChI is InChI=1S/C4H5BrO7S/c5-4(3(8)9,1-2(6)7)13(10,11)12/h1H2,(H,6,7)(H,8,9)(H,10,11,12). The summed E-state index contributed by atoms with van der Waals surface area (Å²) < 4.78 is 26.5. The van der Waals surface area contributed by atoms with Crippen LogP contribution in [-0.4, -0.2) is 38.8 Å². The second-order valence-electron chi connectivity index (χ2n) is 2.08. The van der Waals surface area contributed by atoms with Crippen molar-refractivity contribution in [2.75, 3.05) is 0 Å². The van der Waals surface area contributed by atoms with Gasteiger partial charge in [0.25, 0.3) is 13.8 Å². The molecule has 0 rings (SSSR count). The van der Waals surface area contributed by atoms with E-state index in [4.69, 9.17) is 14.8 Å². The molecule has 1 unspecified atom stereocenters. The van der Waals surface area contributed by atoms with Crippen molar-refractivity contribution in [1.82, 2.24) is 0 Å². The zero-order valence-electron chi connectivity index (χ0n) is 5.97. The number of carboxylic acids is 2. The van der Waals surface area contributed by atoms with Crippen molar-refractivity contribution in [3.05, 3.63) is 0 Å². The molecule has 0 bridgehead atoms. The Hall–Kier alpha value is -0.670. The van der Waals surface area contributed by atoms with Crippen LogP contribution in [0, 0.1) is 0 Å². The van der Waals surface area contributed by atoms with Crippen molar-refractivity contribution in [2.24, 2.45) is 0 Å². The van der Waals surface area contributed by atoms with Gasteiger partial charge in [-0.2, -0.15) is 8.42 Å². The molecule has 0 aliphatic rings. The van der Waals surface area contributed by atoms with Crippen LogP contribution in [0.2, 0.25) is 0 Å². The predicted octanol–water partition coefficient (Wildman–Crippen LogP) is -0.475. The molecule has 7 nitrogen and oxygen atoms in total. The number of aliphatic carboxylic acids is 2. The first-order chi connectivity index (χ1) is 5.61. The zero-order chi connectivity index (χ0) is 10.9. The summed E-state index contributed by atoms with van der Waals surface area (Å²) in [6, 6.07) is 0. The number of carboxylic acid groups (broad SMARTS) is 2. The highest BCUT2D eigenvalue weighted by atomic mass is 79.9. The lowest BCUT2D eigenvalue weighted by Gasteiger charge is -2.16. The molecule has 0 radical (unpaired) electrons. The fraction of sp³-hybridized carbons (Fsp3) is 0.500. The van der Waals surface area contributed by atoms with E-state index in [-0.39, 0.29) is 0 Å². The summed E-state index contributed by atoms with van der Waals surface area (Å²) in [4.78, 5) is 20.5. The Balaban J connectivity index is 5.21. The molecule has 1 atom stereocenters. The topological polar surface area (TPSA) is 129 Å². The molecule has 0 saturated heterocycles. The fourth-order valence-electron chi connectivity index (χ4n) is 0.472. The summed E-state index contributed by atoms with van der Waals surface area (Å²) in [5.74, 6) is -3.66. The lowest BCUT2D eigenvalue weighted by molar-refractivity contribution is -0.144. The molecule has 0 fully saturated rings. The highest BCUT2D eigenvalue weighted by molar-refractivity contribution is 9.12. The van der Waals surface area contributed by atoms with Crippen LogP contribution in [0.5, 0.6) is 0 Å². The van der Waals surface area contributed by atoms with Crippen molar-refractivity contribution in [2.45, 2.75) is 10.1 Å². The van der Waals surface area contributed by atoms with Crippen LogP contribution in [-0.2, 0) is 19.7 Å². The van der Waals surface area contributed by atoms with Crippen LogP contribution >= 0.6 is 15.9 Å². The van der Waals surface area contributed by atoms with Gasteiger partial charge in [0.15, 0.2) is 0 Å². The summed E-state index contributed by atoms with van der Waals surface area (Å²) in [7, 11) is -5.02. The van der Waals surface area contributed by atoms with Gasteiger partial charge in [0.05, 0.1) is 6.42 Å². The first-order valence-corrected chi connectivity index (χ1v) is 4.95. The maximum Gasteiger partial charge on any atom is 0.339 e. The Morgan fingerprint density at radius 1 is 1.31 bits per heavy atom. The number of hydrogen-bond acceptors (Lipinski definition) is 4. The minimum Gasteiger partial charge on any atom is -0.481 e. The van der Waals surface area contributed by atoms with E-state index in [0.717, 1.165) is 0 Å². The van der Waals surface area contributed by atoms with Gasteiger partial charge in [-0.25, -0.2) is 4.79 Å². The highest BCUT2D eigenvalue weighted by Gasteiger charge is 2.50. The molecule has 0 aromatic rings. The van der Waals surface area contributed by atoms with Crippen LogP contribution in [0.1, 0.15) is 6.42 Å². The van der Waals surface area contributed by atoms with Crippen LogP contribution < -0.4 is 0 Å². The molecule has 0 aromatic heterocycles. The highest BCUT2D eigenvalue weighted by Crippen LogP contribution is 2.28. The molecule has 0 spiro atoms. The lowest BCUT2D eigenvalue weighted by Crippen LogP contribution is -2.42. The Kier molecular flexibility index (Phi) is 3.41. The molecule has 13 heavy (non-hydrogen) atoms. The normalized spacial score (nSPS) is 16.2. The van der Waals surface area contributed by atoms with E-state index in [1.54, 1.807) is 0 Å². The van der Waals surface area contributed by atoms with Gasteiger partial charge in [0.2, 0.25) is 0 Å². The monoisotopic (exact) mass is 276 g/mol. The molecular formula is C4H5BrO7S. The van der Waals surface area contributed by atoms with Gasteiger partial charge in [-0.15, -0.1) is 0 Å². The summed E-state index contributed by atoms with van der Waals surface area (Å²) in [6.45, 7) is 0. The predicted molar refractivity (Wildman–Crippen MR) is 43.1 cm³/mol. The van der Waals surface area contributed by atoms with Gasteiger partial charge in [-0.3, -0.25) is 9.35 Å². The number of carbonyl (C=O) groups is 2. The largest absolute Gasteiger partial charge is 0.481 e. The summed E-state index contributed by atoms with van der Waals surface area (Å²) in [5, 5.41) is 16.6. The molecule has 0 aromatic carbocycles. The second kappa shape index (κ2) is 3.60.